The molecule has 0 aliphatic carbocycles. The number of nitrogens with zero attached hydrogens (tertiary/aromatic N) is 2. The summed E-state index contributed by atoms with van der Waals surface area (Å²) in [6.45, 7) is 5.61. The number of para-hydroxylation sites is 1. The Morgan fingerprint density at radius 1 is 1.07 bits per heavy atom. The molecular formula is C22H24N4O3. The zero-order valence-corrected chi connectivity index (χ0v) is 16.7. The molecule has 2 amide bonds. The third kappa shape index (κ3) is 4.82. The maximum Gasteiger partial charge on any atom is 0.276 e. The van der Waals surface area contributed by atoms with Crippen molar-refractivity contribution in [3.05, 3.63) is 77.1 Å². The number of rotatable bonds is 6. The molecule has 7 nitrogen and oxygen atoms in total. The first-order valence-corrected chi connectivity index (χ1v) is 9.41. The van der Waals surface area contributed by atoms with Gasteiger partial charge in [0.25, 0.3) is 11.8 Å². The third-order valence-corrected chi connectivity index (χ3v) is 4.47. The van der Waals surface area contributed by atoms with Crippen LogP contribution in [0.1, 0.15) is 34.1 Å². The van der Waals surface area contributed by atoms with Gasteiger partial charge in [-0.3, -0.25) is 20.4 Å². The summed E-state index contributed by atoms with van der Waals surface area (Å²) >= 11 is 0. The van der Waals surface area contributed by atoms with Gasteiger partial charge in [0.15, 0.2) is 6.61 Å². The lowest BCUT2D eigenvalue weighted by Crippen LogP contribution is -2.44. The minimum atomic E-state index is -0.451. The lowest BCUT2D eigenvalue weighted by molar-refractivity contribution is -0.123. The van der Waals surface area contributed by atoms with Crippen molar-refractivity contribution < 1.29 is 14.3 Å². The molecular weight excluding hydrogens is 368 g/mol. The number of hydrazine groups is 1. The van der Waals surface area contributed by atoms with E-state index in [-0.39, 0.29) is 6.61 Å². The number of carbonyl (C=O) groups excluding carboxylic acids is 2. The van der Waals surface area contributed by atoms with Crippen LogP contribution in [0.25, 0.3) is 5.69 Å². The van der Waals surface area contributed by atoms with Crippen LogP contribution in [0.3, 0.4) is 0 Å². The van der Waals surface area contributed by atoms with E-state index in [9.17, 15) is 9.59 Å². The number of amides is 2. The second-order valence-electron chi connectivity index (χ2n) is 6.67. The van der Waals surface area contributed by atoms with Gasteiger partial charge < -0.3 is 4.74 Å². The number of carbonyl (C=O) groups is 2. The van der Waals surface area contributed by atoms with Crippen LogP contribution in [0, 0.1) is 13.8 Å². The van der Waals surface area contributed by atoms with Gasteiger partial charge in [-0.15, -0.1) is 0 Å². The summed E-state index contributed by atoms with van der Waals surface area (Å²) in [4.78, 5) is 24.6. The first-order chi connectivity index (χ1) is 14.0. The molecule has 0 atom stereocenters. The molecule has 2 N–H and O–H groups in total. The van der Waals surface area contributed by atoms with Crippen LogP contribution in [0.15, 0.2) is 54.7 Å². The third-order valence-electron chi connectivity index (χ3n) is 4.47. The number of ether oxygens (including phenoxy) is 1. The van der Waals surface area contributed by atoms with Crippen LogP contribution >= 0.6 is 0 Å². The molecule has 1 aromatic heterocycles. The Kier molecular flexibility index (Phi) is 6.29. The summed E-state index contributed by atoms with van der Waals surface area (Å²) in [6.07, 6.45) is 2.11. The van der Waals surface area contributed by atoms with Crippen molar-refractivity contribution in [3.63, 3.8) is 0 Å². The Labute approximate surface area is 169 Å². The minimum absolute atomic E-state index is 0.200. The van der Waals surface area contributed by atoms with Crippen molar-refractivity contribution in [2.24, 2.45) is 0 Å². The zero-order valence-electron chi connectivity index (χ0n) is 16.7. The van der Waals surface area contributed by atoms with Crippen LogP contribution < -0.4 is 15.6 Å². The number of hydrogen-bond donors (Lipinski definition) is 2. The van der Waals surface area contributed by atoms with Gasteiger partial charge in [0.05, 0.1) is 23.1 Å². The van der Waals surface area contributed by atoms with Crippen molar-refractivity contribution in [3.8, 4) is 11.4 Å². The Balaban J connectivity index is 1.60. The van der Waals surface area contributed by atoms with E-state index in [0.717, 1.165) is 22.5 Å². The number of aryl methyl sites for hydroxylation is 2. The minimum Gasteiger partial charge on any atom is -0.483 e. The second kappa shape index (κ2) is 9.05. The van der Waals surface area contributed by atoms with E-state index in [1.807, 2.05) is 69.3 Å². The zero-order chi connectivity index (χ0) is 20.8. The van der Waals surface area contributed by atoms with Gasteiger partial charge >= 0.3 is 0 Å². The quantitative estimate of drug-likeness (QED) is 0.632. The van der Waals surface area contributed by atoms with Crippen LogP contribution in [-0.2, 0) is 11.2 Å². The van der Waals surface area contributed by atoms with Crippen molar-refractivity contribution in [2.45, 2.75) is 27.2 Å². The highest BCUT2D eigenvalue weighted by atomic mass is 16.5. The topological polar surface area (TPSA) is 85.2 Å². The molecule has 0 saturated carbocycles. The number of nitrogens with one attached hydrogen (secondary N) is 2. The SMILES string of the molecule is CCc1c(C(=O)NNC(=O)COc2cc(C)ccc2C)cnn1-c1ccccc1. The van der Waals surface area contributed by atoms with Gasteiger partial charge in [0.1, 0.15) is 5.75 Å². The molecule has 0 saturated heterocycles. The summed E-state index contributed by atoms with van der Waals surface area (Å²) in [5.74, 6) is -0.235. The lowest BCUT2D eigenvalue weighted by Gasteiger charge is -2.11. The highest BCUT2D eigenvalue weighted by Gasteiger charge is 2.17. The molecule has 7 heteroatoms. The van der Waals surface area contributed by atoms with E-state index >= 15 is 0 Å². The number of aromatic nitrogens is 2. The van der Waals surface area contributed by atoms with Gasteiger partial charge in [-0.05, 0) is 49.6 Å². The average molecular weight is 392 g/mol. The average Bonchev–Trinajstić information content (AvgIpc) is 3.17. The first kappa shape index (κ1) is 20.1. The van der Waals surface area contributed by atoms with Crippen LogP contribution in [0.5, 0.6) is 5.75 Å². The van der Waals surface area contributed by atoms with Crippen molar-refractivity contribution in [2.75, 3.05) is 6.61 Å². The molecule has 0 spiro atoms. The Morgan fingerprint density at radius 3 is 2.55 bits per heavy atom. The van der Waals surface area contributed by atoms with Gasteiger partial charge in [0.2, 0.25) is 0 Å². The fraction of sp³-hybridized carbons (Fsp3) is 0.227. The van der Waals surface area contributed by atoms with E-state index in [4.69, 9.17) is 4.74 Å². The predicted octanol–water partition coefficient (Wildman–Crippen LogP) is 2.89. The molecule has 3 rings (SSSR count). The molecule has 0 unspecified atom stereocenters. The molecule has 0 aliphatic heterocycles. The smallest absolute Gasteiger partial charge is 0.276 e. The summed E-state index contributed by atoms with van der Waals surface area (Å²) < 4.78 is 7.27. The highest BCUT2D eigenvalue weighted by molar-refractivity contribution is 5.96. The maximum atomic E-state index is 12.5. The molecule has 2 aromatic carbocycles. The molecule has 29 heavy (non-hydrogen) atoms. The summed E-state index contributed by atoms with van der Waals surface area (Å²) in [7, 11) is 0. The van der Waals surface area contributed by atoms with Gasteiger partial charge in [-0.1, -0.05) is 37.3 Å². The molecule has 0 bridgehead atoms. The van der Waals surface area contributed by atoms with Gasteiger partial charge in [-0.2, -0.15) is 5.10 Å². The van der Waals surface area contributed by atoms with Crippen LogP contribution in [-0.4, -0.2) is 28.2 Å². The van der Waals surface area contributed by atoms with Crippen LogP contribution in [0.2, 0.25) is 0 Å². The normalized spacial score (nSPS) is 10.4. The summed E-state index contributed by atoms with van der Waals surface area (Å²) in [5.41, 5.74) is 8.83. The molecule has 3 aromatic rings. The van der Waals surface area contributed by atoms with Crippen molar-refractivity contribution in [1.29, 1.82) is 0 Å². The van der Waals surface area contributed by atoms with Gasteiger partial charge in [0, 0.05) is 0 Å². The van der Waals surface area contributed by atoms with Gasteiger partial charge in [-0.25, -0.2) is 4.68 Å². The Hall–Kier alpha value is -3.61. The van der Waals surface area contributed by atoms with E-state index in [0.29, 0.717) is 17.7 Å². The highest BCUT2D eigenvalue weighted by Crippen LogP contribution is 2.19. The van der Waals surface area contributed by atoms with Crippen molar-refractivity contribution in [1.82, 2.24) is 20.6 Å². The Morgan fingerprint density at radius 2 is 1.83 bits per heavy atom. The summed E-state index contributed by atoms with van der Waals surface area (Å²) in [5, 5.41) is 4.32. The predicted molar refractivity (Wildman–Crippen MR) is 110 cm³/mol. The standard InChI is InChI=1S/C22H24N4O3/c1-4-19-18(13-23-26(19)17-8-6-5-7-9-17)22(28)25-24-21(27)14-29-20-12-15(2)10-11-16(20)3/h5-13H,4,14H2,1-3H3,(H,24,27)(H,25,28). The monoisotopic (exact) mass is 392 g/mol. The van der Waals surface area contributed by atoms with E-state index in [1.165, 1.54) is 6.20 Å². The summed E-state index contributed by atoms with van der Waals surface area (Å²) in [6, 6.07) is 15.3. The molecule has 150 valence electrons. The fourth-order valence-corrected chi connectivity index (χ4v) is 2.93. The molecule has 0 radical (unpaired) electrons. The van der Waals surface area contributed by atoms with E-state index < -0.39 is 11.8 Å². The Bertz CT molecular complexity index is 1010. The number of hydrogen-bond acceptors (Lipinski definition) is 4. The van der Waals surface area contributed by atoms with E-state index in [1.54, 1.807) is 4.68 Å². The molecule has 1 heterocycles. The lowest BCUT2D eigenvalue weighted by atomic mass is 10.1. The van der Waals surface area contributed by atoms with Crippen LogP contribution in [0.4, 0.5) is 0 Å². The largest absolute Gasteiger partial charge is 0.483 e. The fourth-order valence-electron chi connectivity index (χ4n) is 2.93. The van der Waals surface area contributed by atoms with Crippen molar-refractivity contribution >= 4 is 11.8 Å². The second-order valence-corrected chi connectivity index (χ2v) is 6.67. The maximum absolute atomic E-state index is 12.5. The molecule has 0 aliphatic rings. The first-order valence-electron chi connectivity index (χ1n) is 9.41. The molecule has 0 fully saturated rings. The number of benzene rings is 2. The van der Waals surface area contributed by atoms with E-state index in [2.05, 4.69) is 16.0 Å².